The minimum absolute atomic E-state index is 0.0233. The number of nitrogens with zero attached hydrogens (tertiary/aromatic N) is 2. The maximum absolute atomic E-state index is 12.4. The van der Waals surface area contributed by atoms with Gasteiger partial charge in [0.1, 0.15) is 0 Å². The molecule has 0 radical (unpaired) electrons. The first-order chi connectivity index (χ1) is 9.96. The summed E-state index contributed by atoms with van der Waals surface area (Å²) in [5.74, 6) is -0.764. The van der Waals surface area contributed by atoms with E-state index in [9.17, 15) is 14.7 Å². The number of hydrogen-bond acceptors (Lipinski definition) is 3. The van der Waals surface area contributed by atoms with Gasteiger partial charge in [-0.05, 0) is 31.8 Å². The van der Waals surface area contributed by atoms with Gasteiger partial charge < -0.3 is 19.6 Å². The van der Waals surface area contributed by atoms with Crippen LogP contribution in [0.3, 0.4) is 0 Å². The molecule has 0 aromatic rings. The lowest BCUT2D eigenvalue weighted by molar-refractivity contribution is -0.150. The van der Waals surface area contributed by atoms with Crippen molar-refractivity contribution >= 4 is 12.0 Å². The van der Waals surface area contributed by atoms with Crippen LogP contribution in [-0.4, -0.2) is 66.8 Å². The number of piperidine rings is 1. The summed E-state index contributed by atoms with van der Waals surface area (Å²) in [7, 11) is 1.67. The van der Waals surface area contributed by atoms with Gasteiger partial charge in [0.15, 0.2) is 0 Å². The molecule has 6 heteroatoms. The fraction of sp³-hybridized carbons (Fsp3) is 0.733. The minimum Gasteiger partial charge on any atom is -0.481 e. The highest BCUT2D eigenvalue weighted by Crippen LogP contribution is 2.31. The summed E-state index contributed by atoms with van der Waals surface area (Å²) < 4.78 is 5.10. The van der Waals surface area contributed by atoms with E-state index in [1.54, 1.807) is 18.9 Å². The van der Waals surface area contributed by atoms with E-state index >= 15 is 0 Å². The van der Waals surface area contributed by atoms with Crippen molar-refractivity contribution in [1.29, 1.82) is 0 Å². The summed E-state index contributed by atoms with van der Waals surface area (Å²) >= 11 is 0. The highest BCUT2D eigenvalue weighted by Gasteiger charge is 2.38. The summed E-state index contributed by atoms with van der Waals surface area (Å²) in [6, 6.07) is 0.0233. The summed E-state index contributed by atoms with van der Waals surface area (Å²) in [6.45, 7) is 4.75. The van der Waals surface area contributed by atoms with Crippen LogP contribution in [0.5, 0.6) is 0 Å². The molecular formula is C15H24N2O4. The molecule has 0 aromatic heterocycles. The molecule has 2 aliphatic heterocycles. The van der Waals surface area contributed by atoms with Crippen molar-refractivity contribution in [3.8, 4) is 0 Å². The van der Waals surface area contributed by atoms with Crippen molar-refractivity contribution in [2.75, 3.05) is 39.9 Å². The summed E-state index contributed by atoms with van der Waals surface area (Å²) in [6.07, 6.45) is 3.94. The Morgan fingerprint density at radius 1 is 1.29 bits per heavy atom. The van der Waals surface area contributed by atoms with Gasteiger partial charge in [-0.3, -0.25) is 4.79 Å². The third-order valence-corrected chi connectivity index (χ3v) is 4.56. The van der Waals surface area contributed by atoms with Gasteiger partial charge in [0, 0.05) is 33.3 Å². The lowest BCUT2D eigenvalue weighted by atomic mass is 9.80. The predicted molar refractivity (Wildman–Crippen MR) is 78.1 cm³/mol. The molecule has 0 bridgehead atoms. The Labute approximate surface area is 125 Å². The Kier molecular flexibility index (Phi) is 4.88. The number of carboxylic acids is 1. The highest BCUT2D eigenvalue weighted by molar-refractivity contribution is 5.77. The molecule has 2 heterocycles. The number of methoxy groups -OCH3 is 1. The van der Waals surface area contributed by atoms with Crippen LogP contribution in [0.15, 0.2) is 11.6 Å². The number of carbonyl (C=O) groups excluding carboxylic acids is 1. The van der Waals surface area contributed by atoms with Gasteiger partial charge >= 0.3 is 12.0 Å². The van der Waals surface area contributed by atoms with E-state index in [0.717, 1.165) is 6.42 Å². The second kappa shape index (κ2) is 6.47. The Morgan fingerprint density at radius 2 is 1.95 bits per heavy atom. The zero-order chi connectivity index (χ0) is 15.5. The first-order valence-corrected chi connectivity index (χ1v) is 7.40. The number of hydrogen-bond donors (Lipinski definition) is 1. The maximum Gasteiger partial charge on any atom is 0.320 e. The van der Waals surface area contributed by atoms with E-state index in [0.29, 0.717) is 45.6 Å². The molecule has 1 fully saturated rings. The van der Waals surface area contributed by atoms with Crippen molar-refractivity contribution in [3.05, 3.63) is 11.6 Å². The Hall–Kier alpha value is -1.56. The fourth-order valence-electron chi connectivity index (χ4n) is 2.81. The average Bonchev–Trinajstić information content (AvgIpc) is 2.48. The molecular weight excluding hydrogens is 272 g/mol. The largest absolute Gasteiger partial charge is 0.481 e. The van der Waals surface area contributed by atoms with Gasteiger partial charge in [-0.2, -0.15) is 0 Å². The normalized spacial score (nSPS) is 21.9. The smallest absolute Gasteiger partial charge is 0.320 e. The van der Waals surface area contributed by atoms with Crippen LogP contribution in [-0.2, 0) is 9.53 Å². The number of aliphatic carboxylic acids is 1. The van der Waals surface area contributed by atoms with Crippen LogP contribution >= 0.6 is 0 Å². The van der Waals surface area contributed by atoms with E-state index in [4.69, 9.17) is 4.74 Å². The standard InChI is InChI=1S/C15H24N2O4/c1-15(13(18)19)5-9-17(10-6-15)14(20)16-7-3-12(4-8-16)11-21-2/h3H,4-11H2,1-2H3,(H,18,19). The number of rotatable bonds is 3. The van der Waals surface area contributed by atoms with Gasteiger partial charge in [-0.15, -0.1) is 0 Å². The molecule has 0 unspecified atom stereocenters. The van der Waals surface area contributed by atoms with Gasteiger partial charge in [0.2, 0.25) is 0 Å². The molecule has 0 spiro atoms. The van der Waals surface area contributed by atoms with Crippen molar-refractivity contribution in [2.24, 2.45) is 5.41 Å². The molecule has 2 amide bonds. The quantitative estimate of drug-likeness (QED) is 0.803. The van der Waals surface area contributed by atoms with Gasteiger partial charge in [0.25, 0.3) is 0 Å². The molecule has 2 aliphatic rings. The minimum atomic E-state index is -0.764. The van der Waals surface area contributed by atoms with E-state index in [2.05, 4.69) is 6.08 Å². The monoisotopic (exact) mass is 296 g/mol. The molecule has 0 aromatic carbocycles. The number of amides is 2. The summed E-state index contributed by atoms with van der Waals surface area (Å²) in [4.78, 5) is 27.3. The molecule has 1 saturated heterocycles. The third kappa shape index (κ3) is 3.56. The topological polar surface area (TPSA) is 70.1 Å². The van der Waals surface area contributed by atoms with E-state index in [-0.39, 0.29) is 6.03 Å². The second-order valence-corrected chi connectivity index (χ2v) is 6.13. The van der Waals surface area contributed by atoms with Crippen LogP contribution in [0.25, 0.3) is 0 Å². The SMILES string of the molecule is COCC1=CCN(C(=O)N2CCC(C)(C(=O)O)CC2)CC1. The number of urea groups is 1. The predicted octanol–water partition coefficient (Wildman–Crippen LogP) is 1.57. The van der Waals surface area contributed by atoms with Crippen LogP contribution < -0.4 is 0 Å². The molecule has 2 rings (SSSR count). The first-order valence-electron chi connectivity index (χ1n) is 7.40. The van der Waals surface area contributed by atoms with Crippen molar-refractivity contribution < 1.29 is 19.4 Å². The van der Waals surface area contributed by atoms with Crippen molar-refractivity contribution in [3.63, 3.8) is 0 Å². The maximum atomic E-state index is 12.4. The zero-order valence-electron chi connectivity index (χ0n) is 12.8. The number of carbonyl (C=O) groups is 2. The van der Waals surface area contributed by atoms with E-state index in [1.165, 1.54) is 5.57 Å². The molecule has 0 atom stereocenters. The van der Waals surface area contributed by atoms with Crippen LogP contribution in [0.1, 0.15) is 26.2 Å². The summed E-state index contributed by atoms with van der Waals surface area (Å²) in [5, 5.41) is 9.22. The van der Waals surface area contributed by atoms with Crippen LogP contribution in [0.2, 0.25) is 0 Å². The molecule has 6 nitrogen and oxygen atoms in total. The highest BCUT2D eigenvalue weighted by atomic mass is 16.5. The first kappa shape index (κ1) is 15.8. The molecule has 0 aliphatic carbocycles. The zero-order valence-corrected chi connectivity index (χ0v) is 12.8. The lowest BCUT2D eigenvalue weighted by Crippen LogP contribution is -2.50. The lowest BCUT2D eigenvalue weighted by Gasteiger charge is -2.39. The fourth-order valence-corrected chi connectivity index (χ4v) is 2.81. The molecule has 1 N–H and O–H groups in total. The average molecular weight is 296 g/mol. The van der Waals surface area contributed by atoms with Gasteiger partial charge in [-0.25, -0.2) is 4.79 Å². The Bertz CT molecular complexity index is 439. The van der Waals surface area contributed by atoms with Crippen molar-refractivity contribution in [2.45, 2.75) is 26.2 Å². The Morgan fingerprint density at radius 3 is 2.43 bits per heavy atom. The second-order valence-electron chi connectivity index (χ2n) is 6.13. The Balaban J connectivity index is 1.87. The number of ether oxygens (including phenoxy) is 1. The molecule has 0 saturated carbocycles. The van der Waals surface area contributed by atoms with E-state index < -0.39 is 11.4 Å². The number of likely N-dealkylation sites (tertiary alicyclic amines) is 1. The van der Waals surface area contributed by atoms with E-state index in [1.807, 2.05) is 4.90 Å². The van der Waals surface area contributed by atoms with Gasteiger partial charge in [0.05, 0.1) is 12.0 Å². The third-order valence-electron chi connectivity index (χ3n) is 4.56. The molecule has 21 heavy (non-hydrogen) atoms. The number of carboxylic acid groups (broad SMARTS) is 1. The molecule has 118 valence electrons. The van der Waals surface area contributed by atoms with Crippen LogP contribution in [0, 0.1) is 5.41 Å². The van der Waals surface area contributed by atoms with Gasteiger partial charge in [-0.1, -0.05) is 6.08 Å². The van der Waals surface area contributed by atoms with Crippen LogP contribution in [0.4, 0.5) is 4.79 Å². The summed E-state index contributed by atoms with van der Waals surface area (Å²) in [5.41, 5.74) is 0.545. The van der Waals surface area contributed by atoms with Crippen molar-refractivity contribution in [1.82, 2.24) is 9.80 Å².